The molecule has 0 unspecified atom stereocenters. The van der Waals surface area contributed by atoms with E-state index in [0.29, 0.717) is 0 Å². The van der Waals surface area contributed by atoms with E-state index in [4.69, 9.17) is 0 Å². The van der Waals surface area contributed by atoms with Crippen LogP contribution in [0.1, 0.15) is 16.7 Å². The molecule has 0 saturated heterocycles. The van der Waals surface area contributed by atoms with Gasteiger partial charge in [0.2, 0.25) is 10.0 Å². The molecule has 0 aliphatic carbocycles. The summed E-state index contributed by atoms with van der Waals surface area (Å²) in [6, 6.07) is 13.2. The normalized spacial score (nSPS) is 11.5. The van der Waals surface area contributed by atoms with Crippen molar-refractivity contribution in [1.82, 2.24) is 9.71 Å². The molecule has 0 aliphatic heterocycles. The van der Waals surface area contributed by atoms with Gasteiger partial charge in [0.25, 0.3) is 0 Å². The van der Waals surface area contributed by atoms with Crippen molar-refractivity contribution < 1.29 is 8.42 Å². The van der Waals surface area contributed by atoms with Gasteiger partial charge in [-0.2, -0.15) is 11.3 Å². The lowest BCUT2D eigenvalue weighted by Gasteiger charge is -2.10. The Morgan fingerprint density at radius 1 is 1.17 bits per heavy atom. The molecule has 0 radical (unpaired) electrons. The van der Waals surface area contributed by atoms with Gasteiger partial charge in [0.15, 0.2) is 0 Å². The van der Waals surface area contributed by atoms with Crippen molar-refractivity contribution in [3.63, 3.8) is 0 Å². The number of hydrogen-bond acceptors (Lipinski definition) is 4. The van der Waals surface area contributed by atoms with Gasteiger partial charge in [-0.1, -0.05) is 35.9 Å². The predicted octanol–water partition coefficient (Wildman–Crippen LogP) is 3.74. The number of rotatable bonds is 6. The first-order valence-electron chi connectivity index (χ1n) is 7.53. The van der Waals surface area contributed by atoms with Gasteiger partial charge in [0.1, 0.15) is 0 Å². The summed E-state index contributed by atoms with van der Waals surface area (Å²) < 4.78 is 27.4. The number of sulfonamides is 1. The minimum atomic E-state index is -3.41. The summed E-state index contributed by atoms with van der Waals surface area (Å²) in [7, 11) is -3.41. The summed E-state index contributed by atoms with van der Waals surface area (Å²) >= 11 is 1.59. The molecular formula is C18H18N2O2S2. The Hall–Kier alpha value is -2.02. The van der Waals surface area contributed by atoms with Crippen molar-refractivity contribution in [3.8, 4) is 11.3 Å². The van der Waals surface area contributed by atoms with Crippen molar-refractivity contribution in [2.24, 2.45) is 0 Å². The predicted molar refractivity (Wildman–Crippen MR) is 98.2 cm³/mol. The smallest absolute Gasteiger partial charge is 0.216 e. The highest BCUT2D eigenvalue weighted by Crippen LogP contribution is 2.23. The second kappa shape index (κ2) is 7.25. The molecule has 6 heteroatoms. The molecule has 1 aromatic carbocycles. The second-order valence-corrected chi connectivity index (χ2v) is 8.18. The van der Waals surface area contributed by atoms with Gasteiger partial charge in [0.05, 0.1) is 11.4 Å². The van der Waals surface area contributed by atoms with Crippen molar-refractivity contribution in [1.29, 1.82) is 0 Å². The standard InChI is InChI=1S/C18H18N2O2S2/c1-14-4-2-5-15(10-14)13-24(21,22)20-11-16-6-3-8-19-18(16)17-7-9-23-12-17/h2-10,12,20H,11,13H2,1H3. The maximum atomic E-state index is 12.4. The van der Waals surface area contributed by atoms with Gasteiger partial charge in [-0.15, -0.1) is 0 Å². The second-order valence-electron chi connectivity index (χ2n) is 5.59. The van der Waals surface area contributed by atoms with Crippen LogP contribution in [0.5, 0.6) is 0 Å². The summed E-state index contributed by atoms with van der Waals surface area (Å²) in [5.41, 5.74) is 4.52. The number of aryl methyl sites for hydroxylation is 1. The fraction of sp³-hybridized carbons (Fsp3) is 0.167. The number of thiophene rings is 1. The maximum absolute atomic E-state index is 12.4. The third kappa shape index (κ3) is 4.29. The molecule has 0 bridgehead atoms. The van der Waals surface area contributed by atoms with E-state index in [-0.39, 0.29) is 12.3 Å². The Bertz CT molecular complexity index is 920. The Balaban J connectivity index is 1.74. The third-order valence-corrected chi connectivity index (χ3v) is 5.59. The quantitative estimate of drug-likeness (QED) is 0.730. The third-order valence-electron chi connectivity index (χ3n) is 3.61. The van der Waals surface area contributed by atoms with E-state index in [1.807, 2.05) is 60.1 Å². The van der Waals surface area contributed by atoms with E-state index in [9.17, 15) is 8.42 Å². The average molecular weight is 358 g/mol. The largest absolute Gasteiger partial charge is 0.256 e. The van der Waals surface area contributed by atoms with Crippen LogP contribution in [0.2, 0.25) is 0 Å². The van der Waals surface area contributed by atoms with Crippen LogP contribution in [0.3, 0.4) is 0 Å². The Morgan fingerprint density at radius 3 is 2.79 bits per heavy atom. The first-order chi connectivity index (χ1) is 11.5. The van der Waals surface area contributed by atoms with Crippen molar-refractivity contribution in [2.45, 2.75) is 19.2 Å². The Morgan fingerprint density at radius 2 is 2.04 bits per heavy atom. The van der Waals surface area contributed by atoms with Gasteiger partial charge in [-0.05, 0) is 35.6 Å². The van der Waals surface area contributed by atoms with Crippen molar-refractivity contribution in [2.75, 3.05) is 0 Å². The topological polar surface area (TPSA) is 59.1 Å². The van der Waals surface area contributed by atoms with Crippen LogP contribution < -0.4 is 4.72 Å². The van der Waals surface area contributed by atoms with Gasteiger partial charge in [0, 0.05) is 23.7 Å². The summed E-state index contributed by atoms with van der Waals surface area (Å²) in [6.45, 7) is 2.18. The molecule has 24 heavy (non-hydrogen) atoms. The number of pyridine rings is 1. The van der Waals surface area contributed by atoms with Crippen molar-refractivity contribution in [3.05, 3.63) is 76.1 Å². The lowest BCUT2D eigenvalue weighted by Crippen LogP contribution is -2.25. The highest BCUT2D eigenvalue weighted by molar-refractivity contribution is 7.88. The number of aromatic nitrogens is 1. The zero-order valence-corrected chi connectivity index (χ0v) is 14.9. The lowest BCUT2D eigenvalue weighted by atomic mass is 10.1. The highest BCUT2D eigenvalue weighted by Gasteiger charge is 2.14. The van der Waals surface area contributed by atoms with Gasteiger partial charge in [-0.3, -0.25) is 4.98 Å². The first kappa shape index (κ1) is 16.8. The summed E-state index contributed by atoms with van der Waals surface area (Å²) in [6.07, 6.45) is 1.72. The molecule has 4 nitrogen and oxygen atoms in total. The first-order valence-corrected chi connectivity index (χ1v) is 10.1. The minimum Gasteiger partial charge on any atom is -0.256 e. The molecule has 0 spiro atoms. The fourth-order valence-corrected chi connectivity index (χ4v) is 4.24. The van der Waals surface area contributed by atoms with E-state index in [0.717, 1.165) is 27.9 Å². The van der Waals surface area contributed by atoms with Crippen LogP contribution in [-0.4, -0.2) is 13.4 Å². The number of hydrogen-bond donors (Lipinski definition) is 1. The van der Waals surface area contributed by atoms with E-state index in [1.165, 1.54) is 0 Å². The van der Waals surface area contributed by atoms with Crippen LogP contribution >= 0.6 is 11.3 Å². The zero-order valence-electron chi connectivity index (χ0n) is 13.3. The molecule has 0 atom stereocenters. The van der Waals surface area contributed by atoms with Crippen LogP contribution in [0.15, 0.2) is 59.4 Å². The van der Waals surface area contributed by atoms with Crippen LogP contribution in [-0.2, 0) is 22.3 Å². The Kier molecular flexibility index (Phi) is 5.08. The van der Waals surface area contributed by atoms with Gasteiger partial charge < -0.3 is 0 Å². The zero-order chi connectivity index (χ0) is 17.0. The summed E-state index contributed by atoms with van der Waals surface area (Å²) in [4.78, 5) is 4.39. The minimum absolute atomic E-state index is 0.0251. The molecule has 124 valence electrons. The number of nitrogens with zero attached hydrogens (tertiary/aromatic N) is 1. The number of benzene rings is 1. The summed E-state index contributed by atoms with van der Waals surface area (Å²) in [5.74, 6) is -0.0251. The SMILES string of the molecule is Cc1cccc(CS(=O)(=O)NCc2cccnc2-c2ccsc2)c1. The summed E-state index contributed by atoms with van der Waals surface area (Å²) in [5, 5.41) is 3.99. The van der Waals surface area contributed by atoms with Crippen LogP contribution in [0, 0.1) is 6.92 Å². The van der Waals surface area contributed by atoms with Crippen molar-refractivity contribution >= 4 is 21.4 Å². The Labute approximate surface area is 146 Å². The molecule has 1 N–H and O–H groups in total. The monoisotopic (exact) mass is 358 g/mol. The molecule has 3 aromatic rings. The number of nitrogens with one attached hydrogen (secondary N) is 1. The van der Waals surface area contributed by atoms with Gasteiger partial charge >= 0.3 is 0 Å². The van der Waals surface area contributed by atoms with Gasteiger partial charge in [-0.25, -0.2) is 13.1 Å². The molecular weight excluding hydrogens is 340 g/mol. The maximum Gasteiger partial charge on any atom is 0.216 e. The average Bonchev–Trinajstić information content (AvgIpc) is 3.07. The van der Waals surface area contributed by atoms with Crippen LogP contribution in [0.4, 0.5) is 0 Å². The molecule has 0 fully saturated rings. The highest BCUT2D eigenvalue weighted by atomic mass is 32.2. The fourth-order valence-electron chi connectivity index (χ4n) is 2.50. The molecule has 2 aromatic heterocycles. The van der Waals surface area contributed by atoms with E-state index in [1.54, 1.807) is 17.5 Å². The molecule has 0 saturated carbocycles. The molecule has 2 heterocycles. The molecule has 0 amide bonds. The van der Waals surface area contributed by atoms with E-state index in [2.05, 4.69) is 9.71 Å². The molecule has 3 rings (SSSR count). The van der Waals surface area contributed by atoms with E-state index >= 15 is 0 Å². The molecule has 0 aliphatic rings. The lowest BCUT2D eigenvalue weighted by molar-refractivity contribution is 0.580. The van der Waals surface area contributed by atoms with Crippen LogP contribution in [0.25, 0.3) is 11.3 Å². The van der Waals surface area contributed by atoms with E-state index < -0.39 is 10.0 Å².